The normalized spacial score (nSPS) is 12.1. The van der Waals surface area contributed by atoms with Crippen molar-refractivity contribution in [1.29, 1.82) is 0 Å². The minimum atomic E-state index is -0.423. The Hall–Kier alpha value is -2.63. The van der Waals surface area contributed by atoms with E-state index in [0.29, 0.717) is 22.5 Å². The van der Waals surface area contributed by atoms with Crippen LogP contribution in [0.3, 0.4) is 0 Å². The topological polar surface area (TPSA) is 84.1 Å². The van der Waals surface area contributed by atoms with Crippen molar-refractivity contribution in [2.75, 3.05) is 0 Å². The fourth-order valence-electron chi connectivity index (χ4n) is 2.53. The summed E-state index contributed by atoms with van der Waals surface area (Å²) in [4.78, 5) is 32.0. The number of nitrogens with zero attached hydrogens (tertiary/aromatic N) is 1. The minimum Gasteiger partial charge on any atom is -0.459 e. The number of esters is 1. The van der Waals surface area contributed by atoms with Crippen LogP contribution in [0.2, 0.25) is 0 Å². The highest BCUT2D eigenvalue weighted by atomic mass is 16.5. The molecule has 2 aromatic heterocycles. The maximum absolute atomic E-state index is 12.5. The molecule has 0 fully saturated rings. The van der Waals surface area contributed by atoms with Gasteiger partial charge in [0.1, 0.15) is 5.69 Å². The average Bonchev–Trinajstić information content (AvgIpc) is 2.82. The lowest BCUT2D eigenvalue weighted by molar-refractivity contribution is 0.0376. The molecule has 6 heteroatoms. The Morgan fingerprint density at radius 2 is 1.92 bits per heavy atom. The van der Waals surface area contributed by atoms with Crippen molar-refractivity contribution in [3.63, 3.8) is 0 Å². The van der Waals surface area contributed by atoms with Gasteiger partial charge in [0.05, 0.1) is 23.4 Å². The summed E-state index contributed by atoms with van der Waals surface area (Å²) in [6, 6.07) is 5.30. The van der Waals surface area contributed by atoms with E-state index in [1.54, 1.807) is 33.9 Å². The number of H-pyrrole nitrogens is 1. The summed E-state index contributed by atoms with van der Waals surface area (Å²) in [7, 11) is 0. The second-order valence-corrected chi connectivity index (χ2v) is 6.03. The molecule has 0 bridgehead atoms. The van der Waals surface area contributed by atoms with Crippen molar-refractivity contribution in [2.24, 2.45) is 0 Å². The molecule has 0 aliphatic carbocycles. The SMILES string of the molecule is Cc1[nH]c(C(=O)N[C@H](C)c2ccccn2)c(C)c1C(=O)OC(C)C. The summed E-state index contributed by atoms with van der Waals surface area (Å²) in [5.74, 6) is -0.703. The van der Waals surface area contributed by atoms with Gasteiger partial charge in [0.15, 0.2) is 0 Å². The molecule has 0 radical (unpaired) electrons. The molecule has 0 aliphatic heterocycles. The summed E-state index contributed by atoms with van der Waals surface area (Å²) < 4.78 is 5.24. The molecule has 6 nitrogen and oxygen atoms in total. The molecule has 0 saturated heterocycles. The number of ether oxygens (including phenoxy) is 1. The first-order chi connectivity index (χ1) is 11.3. The van der Waals surface area contributed by atoms with Gasteiger partial charge in [0.2, 0.25) is 0 Å². The molecule has 0 aliphatic rings. The summed E-state index contributed by atoms with van der Waals surface area (Å²) in [5.41, 5.74) is 2.76. The molecule has 1 atom stereocenters. The van der Waals surface area contributed by atoms with E-state index >= 15 is 0 Å². The standard InChI is InChI=1S/C18H23N3O3/c1-10(2)24-18(23)15-11(3)16(20-13(15)5)17(22)21-12(4)14-8-6-7-9-19-14/h6-10,12,20H,1-5H3,(H,21,22)/t12-/m1/s1. The monoisotopic (exact) mass is 329 g/mol. The van der Waals surface area contributed by atoms with E-state index in [2.05, 4.69) is 15.3 Å². The molecule has 0 spiro atoms. The number of nitrogens with one attached hydrogen (secondary N) is 2. The van der Waals surface area contributed by atoms with Gasteiger partial charge in [0, 0.05) is 11.9 Å². The van der Waals surface area contributed by atoms with Gasteiger partial charge in [-0.2, -0.15) is 0 Å². The molecule has 0 saturated carbocycles. The second-order valence-electron chi connectivity index (χ2n) is 6.03. The predicted octanol–water partition coefficient (Wildman–Crippen LogP) is 3.08. The molecule has 0 aromatic carbocycles. The van der Waals surface area contributed by atoms with E-state index < -0.39 is 5.97 Å². The van der Waals surface area contributed by atoms with Gasteiger partial charge in [-0.15, -0.1) is 0 Å². The van der Waals surface area contributed by atoms with E-state index in [-0.39, 0.29) is 18.1 Å². The number of aryl methyl sites for hydroxylation is 1. The Bertz CT molecular complexity index is 735. The summed E-state index contributed by atoms with van der Waals surface area (Å²) >= 11 is 0. The summed E-state index contributed by atoms with van der Waals surface area (Å²) in [6.07, 6.45) is 1.47. The third-order valence-electron chi connectivity index (χ3n) is 3.69. The quantitative estimate of drug-likeness (QED) is 0.826. The lowest BCUT2D eigenvalue weighted by Gasteiger charge is -2.13. The van der Waals surface area contributed by atoms with Crippen LogP contribution in [0.1, 0.15) is 64.6 Å². The van der Waals surface area contributed by atoms with Crippen molar-refractivity contribution in [3.8, 4) is 0 Å². The van der Waals surface area contributed by atoms with Crippen LogP contribution in [0.5, 0.6) is 0 Å². The van der Waals surface area contributed by atoms with Crippen LogP contribution in [0.25, 0.3) is 0 Å². The van der Waals surface area contributed by atoms with E-state index in [9.17, 15) is 9.59 Å². The Kier molecular flexibility index (Phi) is 5.39. The van der Waals surface area contributed by atoms with Gasteiger partial charge in [-0.05, 0) is 52.3 Å². The largest absolute Gasteiger partial charge is 0.459 e. The van der Waals surface area contributed by atoms with E-state index in [1.807, 2.05) is 25.1 Å². The van der Waals surface area contributed by atoms with Gasteiger partial charge >= 0.3 is 5.97 Å². The molecule has 2 N–H and O–H groups in total. The second kappa shape index (κ2) is 7.29. The lowest BCUT2D eigenvalue weighted by Crippen LogP contribution is -2.28. The molecule has 24 heavy (non-hydrogen) atoms. The highest BCUT2D eigenvalue weighted by molar-refractivity contribution is 6.00. The van der Waals surface area contributed by atoms with Crippen molar-refractivity contribution in [2.45, 2.75) is 46.8 Å². The number of carbonyl (C=O) groups is 2. The zero-order chi connectivity index (χ0) is 17.9. The van der Waals surface area contributed by atoms with Gasteiger partial charge in [-0.3, -0.25) is 9.78 Å². The van der Waals surface area contributed by atoms with Crippen LogP contribution in [0.15, 0.2) is 24.4 Å². The molecular weight excluding hydrogens is 306 g/mol. The predicted molar refractivity (Wildman–Crippen MR) is 90.9 cm³/mol. The molecule has 1 amide bonds. The first-order valence-electron chi connectivity index (χ1n) is 7.93. The fraction of sp³-hybridized carbons (Fsp3) is 0.389. The van der Waals surface area contributed by atoms with Gasteiger partial charge in [-0.25, -0.2) is 4.79 Å². The lowest BCUT2D eigenvalue weighted by atomic mass is 10.1. The number of aromatic amines is 1. The average molecular weight is 329 g/mol. The van der Waals surface area contributed by atoms with Crippen LogP contribution in [-0.4, -0.2) is 27.9 Å². The molecular formula is C18H23N3O3. The zero-order valence-corrected chi connectivity index (χ0v) is 14.6. The fourth-order valence-corrected chi connectivity index (χ4v) is 2.53. The number of hydrogen-bond donors (Lipinski definition) is 2. The van der Waals surface area contributed by atoms with Crippen LogP contribution in [-0.2, 0) is 4.74 Å². The molecule has 2 heterocycles. The third kappa shape index (κ3) is 3.82. The Balaban J connectivity index is 2.20. The zero-order valence-electron chi connectivity index (χ0n) is 14.6. The Morgan fingerprint density at radius 1 is 1.21 bits per heavy atom. The van der Waals surface area contributed by atoms with E-state index in [4.69, 9.17) is 4.74 Å². The number of aromatic nitrogens is 2. The van der Waals surface area contributed by atoms with E-state index in [0.717, 1.165) is 5.69 Å². The molecule has 2 rings (SSSR count). The smallest absolute Gasteiger partial charge is 0.340 e. The third-order valence-corrected chi connectivity index (χ3v) is 3.69. The number of amides is 1. The van der Waals surface area contributed by atoms with Gasteiger partial charge in [0.25, 0.3) is 5.91 Å². The van der Waals surface area contributed by atoms with Crippen LogP contribution in [0.4, 0.5) is 0 Å². The first kappa shape index (κ1) is 17.7. The van der Waals surface area contributed by atoms with Gasteiger partial charge < -0.3 is 15.0 Å². The molecule has 0 unspecified atom stereocenters. The van der Waals surface area contributed by atoms with Crippen molar-refractivity contribution in [1.82, 2.24) is 15.3 Å². The van der Waals surface area contributed by atoms with Crippen molar-refractivity contribution in [3.05, 3.63) is 52.6 Å². The van der Waals surface area contributed by atoms with Crippen LogP contribution < -0.4 is 5.32 Å². The van der Waals surface area contributed by atoms with Crippen LogP contribution in [0, 0.1) is 13.8 Å². The Labute approximate surface area is 141 Å². The van der Waals surface area contributed by atoms with Crippen LogP contribution >= 0.6 is 0 Å². The van der Waals surface area contributed by atoms with Crippen molar-refractivity contribution < 1.29 is 14.3 Å². The first-order valence-corrected chi connectivity index (χ1v) is 7.93. The maximum Gasteiger partial charge on any atom is 0.340 e. The number of hydrogen-bond acceptors (Lipinski definition) is 4. The molecule has 2 aromatic rings. The van der Waals surface area contributed by atoms with Gasteiger partial charge in [-0.1, -0.05) is 6.07 Å². The Morgan fingerprint density at radius 3 is 2.50 bits per heavy atom. The molecule has 128 valence electrons. The maximum atomic E-state index is 12.5. The summed E-state index contributed by atoms with van der Waals surface area (Å²) in [5, 5.41) is 2.89. The number of pyridine rings is 1. The van der Waals surface area contributed by atoms with E-state index in [1.165, 1.54) is 0 Å². The van der Waals surface area contributed by atoms with Crippen molar-refractivity contribution >= 4 is 11.9 Å². The highest BCUT2D eigenvalue weighted by Gasteiger charge is 2.24. The number of rotatable bonds is 5. The summed E-state index contributed by atoms with van der Waals surface area (Å²) in [6.45, 7) is 8.93. The minimum absolute atomic E-state index is 0.215. The number of carbonyl (C=O) groups excluding carboxylic acids is 2. The highest BCUT2D eigenvalue weighted by Crippen LogP contribution is 2.20.